The Bertz CT molecular complexity index is 1550. The Morgan fingerprint density at radius 2 is 1.81 bits per heavy atom. The lowest BCUT2D eigenvalue weighted by molar-refractivity contribution is -0.140. The van der Waals surface area contributed by atoms with E-state index in [1.165, 1.54) is 50.1 Å². The third-order valence-corrected chi connectivity index (χ3v) is 7.51. The van der Waals surface area contributed by atoms with Gasteiger partial charge in [0.25, 0.3) is 5.91 Å². The Morgan fingerprint density at radius 1 is 1.08 bits per heavy atom. The molecular formula is C25H24FN5O5S. The fraction of sp³-hybridized carbons (Fsp3) is 0.240. The van der Waals surface area contributed by atoms with Gasteiger partial charge in [0.05, 0.1) is 59.4 Å². The van der Waals surface area contributed by atoms with Crippen molar-refractivity contribution in [1.82, 2.24) is 25.1 Å². The molecule has 0 saturated carbocycles. The number of sulfone groups is 1. The maximum Gasteiger partial charge on any atom is 0.306 e. The largest absolute Gasteiger partial charge is 0.469 e. The molecule has 10 nitrogen and oxygen atoms in total. The molecule has 4 aromatic rings. The molecule has 1 N–H and O–H groups in total. The van der Waals surface area contributed by atoms with Crippen molar-refractivity contribution in [1.29, 1.82) is 0 Å². The molecule has 1 atom stereocenters. The van der Waals surface area contributed by atoms with Crippen LogP contribution in [0.3, 0.4) is 0 Å². The van der Waals surface area contributed by atoms with Crippen molar-refractivity contribution < 1.29 is 27.1 Å². The molecule has 3 aromatic heterocycles. The van der Waals surface area contributed by atoms with Crippen LogP contribution < -0.4 is 5.32 Å². The number of fused-ring (bicyclic) bond motifs is 1. The van der Waals surface area contributed by atoms with Gasteiger partial charge in [-0.15, -0.1) is 0 Å². The second-order valence-corrected chi connectivity index (χ2v) is 10.3. The van der Waals surface area contributed by atoms with Gasteiger partial charge in [-0.2, -0.15) is 5.10 Å². The number of esters is 1. The molecule has 4 rings (SSSR count). The zero-order chi connectivity index (χ0) is 26.6. The molecule has 37 heavy (non-hydrogen) atoms. The average molecular weight is 526 g/mol. The Hall–Kier alpha value is -4.19. The number of pyridine rings is 2. The van der Waals surface area contributed by atoms with Crippen LogP contribution in [-0.2, 0) is 19.4 Å². The predicted octanol–water partition coefficient (Wildman–Crippen LogP) is 3.17. The summed E-state index contributed by atoms with van der Waals surface area (Å²) in [5.41, 5.74) is 1.95. The first-order chi connectivity index (χ1) is 17.7. The van der Waals surface area contributed by atoms with Crippen LogP contribution in [0.1, 0.15) is 41.7 Å². The lowest BCUT2D eigenvalue weighted by atomic mass is 10.1. The number of methoxy groups -OCH3 is 1. The Balaban J connectivity index is 1.58. The van der Waals surface area contributed by atoms with Crippen molar-refractivity contribution in [3.63, 3.8) is 0 Å². The molecule has 192 valence electrons. The number of carbonyl (C=O) groups excluding carboxylic acids is 2. The average Bonchev–Trinajstić information content (AvgIpc) is 3.35. The molecule has 0 fully saturated rings. The van der Waals surface area contributed by atoms with Crippen LogP contribution >= 0.6 is 0 Å². The molecule has 3 heterocycles. The number of carbonyl (C=O) groups is 2. The molecule has 0 spiro atoms. The first kappa shape index (κ1) is 25.9. The maximum atomic E-state index is 13.3. The van der Waals surface area contributed by atoms with E-state index in [9.17, 15) is 22.4 Å². The highest BCUT2D eigenvalue weighted by Gasteiger charge is 2.22. The minimum atomic E-state index is -3.79. The van der Waals surface area contributed by atoms with Crippen molar-refractivity contribution in [3.05, 3.63) is 78.3 Å². The van der Waals surface area contributed by atoms with Crippen molar-refractivity contribution >= 4 is 32.6 Å². The SMILES string of the molecule is CC[C@H](NC(=O)c1cncc2c1cnn2-c1ccc(F)cc1)c1cncc(S(=O)(=O)CCC(=O)OC)c1. The van der Waals surface area contributed by atoms with Gasteiger partial charge in [-0.3, -0.25) is 19.6 Å². The highest BCUT2D eigenvalue weighted by Crippen LogP contribution is 2.24. The van der Waals surface area contributed by atoms with E-state index in [0.29, 0.717) is 28.6 Å². The smallest absolute Gasteiger partial charge is 0.306 e. The maximum absolute atomic E-state index is 13.3. The summed E-state index contributed by atoms with van der Waals surface area (Å²) in [7, 11) is -2.60. The molecule has 1 amide bonds. The lowest BCUT2D eigenvalue weighted by Gasteiger charge is -2.18. The van der Waals surface area contributed by atoms with Gasteiger partial charge in [-0.1, -0.05) is 6.92 Å². The number of rotatable bonds is 9. The van der Waals surface area contributed by atoms with Crippen LogP contribution in [0.2, 0.25) is 0 Å². The number of nitrogens with zero attached hydrogens (tertiary/aromatic N) is 4. The second-order valence-electron chi connectivity index (χ2n) is 8.19. The monoisotopic (exact) mass is 525 g/mol. The number of hydrogen-bond donors (Lipinski definition) is 1. The van der Waals surface area contributed by atoms with E-state index in [4.69, 9.17) is 0 Å². The van der Waals surface area contributed by atoms with Crippen LogP contribution in [0.25, 0.3) is 16.6 Å². The lowest BCUT2D eigenvalue weighted by Crippen LogP contribution is -2.28. The van der Waals surface area contributed by atoms with Crippen LogP contribution in [0.5, 0.6) is 0 Å². The van der Waals surface area contributed by atoms with Gasteiger partial charge in [0.1, 0.15) is 5.82 Å². The molecule has 0 aliphatic carbocycles. The van der Waals surface area contributed by atoms with Crippen molar-refractivity contribution in [2.75, 3.05) is 12.9 Å². The minimum Gasteiger partial charge on any atom is -0.469 e. The molecule has 1 aromatic carbocycles. The molecule has 0 saturated heterocycles. The molecule has 0 radical (unpaired) electrons. The van der Waals surface area contributed by atoms with Crippen LogP contribution in [0.4, 0.5) is 4.39 Å². The number of amides is 1. The molecular weight excluding hydrogens is 501 g/mol. The molecule has 12 heteroatoms. The van der Waals surface area contributed by atoms with Crippen LogP contribution in [0.15, 0.2) is 66.2 Å². The second kappa shape index (κ2) is 10.8. The van der Waals surface area contributed by atoms with E-state index >= 15 is 0 Å². The van der Waals surface area contributed by atoms with Crippen molar-refractivity contribution in [3.8, 4) is 5.69 Å². The predicted molar refractivity (Wildman–Crippen MR) is 132 cm³/mol. The first-order valence-corrected chi connectivity index (χ1v) is 13.0. The highest BCUT2D eigenvalue weighted by molar-refractivity contribution is 7.91. The van der Waals surface area contributed by atoms with E-state index in [0.717, 1.165) is 0 Å². The molecule has 0 aliphatic rings. The fourth-order valence-corrected chi connectivity index (χ4v) is 5.01. The van der Waals surface area contributed by atoms with Crippen molar-refractivity contribution in [2.45, 2.75) is 30.7 Å². The van der Waals surface area contributed by atoms with E-state index < -0.39 is 33.5 Å². The summed E-state index contributed by atoms with van der Waals surface area (Å²) in [5, 5.41) is 7.79. The summed E-state index contributed by atoms with van der Waals surface area (Å²) >= 11 is 0. The summed E-state index contributed by atoms with van der Waals surface area (Å²) in [4.78, 5) is 32.8. The number of halogens is 1. The standard InChI is InChI=1S/C25H24FN5O5S/c1-3-22(16-10-19(12-27-11-16)37(34,35)9-8-24(32)36-2)30-25(33)21-13-28-15-23-20(21)14-29-31(23)18-6-4-17(26)5-7-18/h4-7,10-15,22H,3,8-9H2,1-2H3,(H,30,33)/t22-/m0/s1. The molecule has 0 unspecified atom stereocenters. The van der Waals surface area contributed by atoms with Crippen LogP contribution in [0, 0.1) is 5.82 Å². The van der Waals surface area contributed by atoms with E-state index in [1.54, 1.807) is 23.0 Å². The molecule has 0 aliphatic heterocycles. The number of hydrogen-bond acceptors (Lipinski definition) is 8. The van der Waals surface area contributed by atoms with Gasteiger partial charge in [0.2, 0.25) is 0 Å². The first-order valence-electron chi connectivity index (χ1n) is 11.4. The topological polar surface area (TPSA) is 133 Å². The van der Waals surface area contributed by atoms with Gasteiger partial charge in [-0.05, 0) is 42.3 Å². The number of aromatic nitrogens is 4. The zero-order valence-corrected chi connectivity index (χ0v) is 20.9. The summed E-state index contributed by atoms with van der Waals surface area (Å²) in [6.45, 7) is 1.84. The molecule has 0 bridgehead atoms. The van der Waals surface area contributed by atoms with Crippen molar-refractivity contribution in [2.24, 2.45) is 0 Å². The Kier molecular flexibility index (Phi) is 7.58. The summed E-state index contributed by atoms with van der Waals surface area (Å²) in [6, 6.07) is 6.67. The third-order valence-electron chi connectivity index (χ3n) is 5.82. The van der Waals surface area contributed by atoms with Gasteiger partial charge < -0.3 is 10.1 Å². The third kappa shape index (κ3) is 5.64. The normalized spacial score (nSPS) is 12.3. The zero-order valence-electron chi connectivity index (χ0n) is 20.1. The highest BCUT2D eigenvalue weighted by atomic mass is 32.2. The van der Waals surface area contributed by atoms with Gasteiger partial charge >= 0.3 is 5.97 Å². The van der Waals surface area contributed by atoms with E-state index in [1.807, 2.05) is 6.92 Å². The number of nitrogens with one attached hydrogen (secondary N) is 1. The Morgan fingerprint density at radius 3 is 2.51 bits per heavy atom. The van der Waals surface area contributed by atoms with E-state index in [-0.39, 0.29) is 22.7 Å². The quantitative estimate of drug-likeness (QED) is 0.330. The number of ether oxygens (including phenoxy) is 1. The van der Waals surface area contributed by atoms with Crippen LogP contribution in [-0.4, -0.2) is 52.9 Å². The Labute approximate surface area is 212 Å². The fourth-order valence-electron chi connectivity index (χ4n) is 3.80. The van der Waals surface area contributed by atoms with Gasteiger partial charge in [-0.25, -0.2) is 17.5 Å². The van der Waals surface area contributed by atoms with E-state index in [2.05, 4.69) is 25.1 Å². The minimum absolute atomic E-state index is 0.0501. The summed E-state index contributed by atoms with van der Waals surface area (Å²) < 4.78 is 44.7. The summed E-state index contributed by atoms with van der Waals surface area (Å²) in [5.74, 6) is -1.85. The number of benzene rings is 1. The summed E-state index contributed by atoms with van der Waals surface area (Å²) in [6.07, 6.45) is 7.39. The van der Waals surface area contributed by atoms with Gasteiger partial charge in [0.15, 0.2) is 9.84 Å². The van der Waals surface area contributed by atoms with Gasteiger partial charge in [0, 0.05) is 24.0 Å².